The topological polar surface area (TPSA) is 15.3 Å². The minimum atomic E-state index is 0.396. The predicted octanol–water partition coefficient (Wildman–Crippen LogP) is 4.20. The van der Waals surface area contributed by atoms with Gasteiger partial charge in [0.25, 0.3) is 0 Å². The molecule has 3 aliphatic rings. The van der Waals surface area contributed by atoms with E-state index in [1.807, 2.05) is 0 Å². The van der Waals surface area contributed by atoms with Crippen LogP contribution in [0.5, 0.6) is 0 Å². The van der Waals surface area contributed by atoms with Gasteiger partial charge in [-0.05, 0) is 57.8 Å². The first kappa shape index (κ1) is 15.8. The fourth-order valence-electron chi connectivity index (χ4n) is 5.02. The molecule has 3 unspecified atom stereocenters. The van der Waals surface area contributed by atoms with Crippen LogP contribution >= 0.6 is 0 Å². The van der Waals surface area contributed by atoms with Crippen molar-refractivity contribution in [3.63, 3.8) is 0 Å². The SMILES string of the molecule is CCCC(C)N1CC(C)(C2CC2)NCC1C1CCCCC1. The summed E-state index contributed by atoms with van der Waals surface area (Å²) in [6, 6.07) is 1.57. The molecule has 0 amide bonds. The Morgan fingerprint density at radius 1 is 1.14 bits per heavy atom. The summed E-state index contributed by atoms with van der Waals surface area (Å²) in [7, 11) is 0. The van der Waals surface area contributed by atoms with Gasteiger partial charge in [-0.1, -0.05) is 32.6 Å². The summed E-state index contributed by atoms with van der Waals surface area (Å²) < 4.78 is 0. The highest BCUT2D eigenvalue weighted by Gasteiger charge is 2.48. The van der Waals surface area contributed by atoms with Crippen molar-refractivity contribution in [1.29, 1.82) is 0 Å². The molecule has 0 aromatic rings. The predicted molar refractivity (Wildman–Crippen MR) is 90.6 cm³/mol. The van der Waals surface area contributed by atoms with Crippen LogP contribution in [0.25, 0.3) is 0 Å². The number of nitrogens with zero attached hydrogens (tertiary/aromatic N) is 1. The van der Waals surface area contributed by atoms with Gasteiger partial charge >= 0.3 is 0 Å². The molecule has 0 spiro atoms. The lowest BCUT2D eigenvalue weighted by atomic mass is 9.79. The van der Waals surface area contributed by atoms with Crippen LogP contribution in [0.4, 0.5) is 0 Å². The molecule has 1 aliphatic heterocycles. The van der Waals surface area contributed by atoms with Crippen molar-refractivity contribution in [1.82, 2.24) is 10.2 Å². The Labute approximate surface area is 132 Å². The maximum atomic E-state index is 3.99. The maximum Gasteiger partial charge on any atom is 0.0309 e. The summed E-state index contributed by atoms with van der Waals surface area (Å²) in [5, 5.41) is 3.99. The molecular formula is C19H36N2. The van der Waals surface area contributed by atoms with E-state index in [2.05, 4.69) is 31.0 Å². The van der Waals surface area contributed by atoms with Gasteiger partial charge in [0.05, 0.1) is 0 Å². The number of rotatable bonds is 5. The van der Waals surface area contributed by atoms with E-state index in [1.165, 1.54) is 70.9 Å². The molecular weight excluding hydrogens is 256 g/mol. The van der Waals surface area contributed by atoms with Gasteiger partial charge in [0, 0.05) is 30.7 Å². The summed E-state index contributed by atoms with van der Waals surface area (Å²) >= 11 is 0. The Bertz CT molecular complexity index is 332. The van der Waals surface area contributed by atoms with Gasteiger partial charge in [0.2, 0.25) is 0 Å². The minimum absolute atomic E-state index is 0.396. The smallest absolute Gasteiger partial charge is 0.0309 e. The molecule has 1 saturated heterocycles. The maximum absolute atomic E-state index is 3.99. The average molecular weight is 293 g/mol. The van der Waals surface area contributed by atoms with Crippen LogP contribution in [0.15, 0.2) is 0 Å². The molecule has 21 heavy (non-hydrogen) atoms. The molecule has 2 saturated carbocycles. The first-order chi connectivity index (χ1) is 10.1. The van der Waals surface area contributed by atoms with Gasteiger partial charge in [0.15, 0.2) is 0 Å². The van der Waals surface area contributed by atoms with Gasteiger partial charge in [-0.3, -0.25) is 4.90 Å². The fraction of sp³-hybridized carbons (Fsp3) is 1.00. The van der Waals surface area contributed by atoms with Crippen molar-refractivity contribution in [2.75, 3.05) is 13.1 Å². The summed E-state index contributed by atoms with van der Waals surface area (Å²) in [4.78, 5) is 2.92. The third-order valence-corrected chi connectivity index (χ3v) is 6.60. The third-order valence-electron chi connectivity index (χ3n) is 6.60. The highest BCUT2D eigenvalue weighted by Crippen LogP contribution is 2.43. The van der Waals surface area contributed by atoms with Crippen molar-refractivity contribution in [2.45, 2.75) is 96.2 Å². The molecule has 3 rings (SSSR count). The fourth-order valence-corrected chi connectivity index (χ4v) is 5.02. The van der Waals surface area contributed by atoms with Crippen LogP contribution in [0.1, 0.15) is 78.6 Å². The van der Waals surface area contributed by atoms with E-state index in [4.69, 9.17) is 0 Å². The van der Waals surface area contributed by atoms with Crippen molar-refractivity contribution in [2.24, 2.45) is 11.8 Å². The Hall–Kier alpha value is -0.0800. The van der Waals surface area contributed by atoms with E-state index in [-0.39, 0.29) is 0 Å². The van der Waals surface area contributed by atoms with Crippen LogP contribution in [0.3, 0.4) is 0 Å². The van der Waals surface area contributed by atoms with Crippen LogP contribution in [-0.4, -0.2) is 35.6 Å². The lowest BCUT2D eigenvalue weighted by Crippen LogP contribution is -2.67. The van der Waals surface area contributed by atoms with Gasteiger partial charge < -0.3 is 5.32 Å². The van der Waals surface area contributed by atoms with Gasteiger partial charge in [0.1, 0.15) is 0 Å². The van der Waals surface area contributed by atoms with Crippen molar-refractivity contribution in [3.05, 3.63) is 0 Å². The van der Waals surface area contributed by atoms with Gasteiger partial charge in [-0.15, -0.1) is 0 Å². The monoisotopic (exact) mass is 292 g/mol. The Morgan fingerprint density at radius 2 is 1.86 bits per heavy atom. The average Bonchev–Trinajstić information content (AvgIpc) is 3.33. The molecule has 1 heterocycles. The second-order valence-electron chi connectivity index (χ2n) is 8.35. The Morgan fingerprint density at radius 3 is 2.48 bits per heavy atom. The lowest BCUT2D eigenvalue weighted by Gasteiger charge is -2.52. The zero-order valence-electron chi connectivity index (χ0n) is 14.5. The molecule has 3 fully saturated rings. The molecule has 1 N–H and O–H groups in total. The zero-order chi connectivity index (χ0) is 14.9. The first-order valence-electron chi connectivity index (χ1n) is 9.65. The quantitative estimate of drug-likeness (QED) is 0.817. The standard InChI is InChI=1S/C19H36N2/c1-4-8-15(2)21-14-19(3,17-11-12-17)20-13-18(21)16-9-6-5-7-10-16/h15-18,20H,4-14H2,1-3H3. The Balaban J connectivity index is 1.71. The van der Waals surface area contributed by atoms with Crippen LogP contribution < -0.4 is 5.32 Å². The number of piperazine rings is 1. The lowest BCUT2D eigenvalue weighted by molar-refractivity contribution is 0.00542. The van der Waals surface area contributed by atoms with Crippen molar-refractivity contribution < 1.29 is 0 Å². The number of nitrogens with one attached hydrogen (secondary N) is 1. The van der Waals surface area contributed by atoms with Crippen molar-refractivity contribution >= 4 is 0 Å². The van der Waals surface area contributed by atoms with E-state index in [0.717, 1.165) is 23.9 Å². The van der Waals surface area contributed by atoms with Crippen LogP contribution in [-0.2, 0) is 0 Å². The van der Waals surface area contributed by atoms with E-state index in [9.17, 15) is 0 Å². The molecule has 3 atom stereocenters. The van der Waals surface area contributed by atoms with Crippen molar-refractivity contribution in [3.8, 4) is 0 Å². The van der Waals surface area contributed by atoms with E-state index >= 15 is 0 Å². The molecule has 0 aromatic carbocycles. The van der Waals surface area contributed by atoms with E-state index < -0.39 is 0 Å². The first-order valence-corrected chi connectivity index (χ1v) is 9.65. The number of hydrogen-bond donors (Lipinski definition) is 1. The van der Waals surface area contributed by atoms with Crippen LogP contribution in [0.2, 0.25) is 0 Å². The molecule has 0 bridgehead atoms. The van der Waals surface area contributed by atoms with E-state index in [1.54, 1.807) is 0 Å². The minimum Gasteiger partial charge on any atom is -0.308 e. The molecule has 2 heteroatoms. The summed E-state index contributed by atoms with van der Waals surface area (Å²) in [6.45, 7) is 9.85. The summed E-state index contributed by atoms with van der Waals surface area (Å²) in [6.07, 6.45) is 13.0. The van der Waals surface area contributed by atoms with E-state index in [0.29, 0.717) is 5.54 Å². The Kier molecular flexibility index (Phi) is 4.95. The second-order valence-corrected chi connectivity index (χ2v) is 8.35. The molecule has 2 nitrogen and oxygen atoms in total. The largest absolute Gasteiger partial charge is 0.308 e. The normalized spacial score (nSPS) is 37.6. The van der Waals surface area contributed by atoms with Crippen LogP contribution in [0, 0.1) is 11.8 Å². The van der Waals surface area contributed by atoms with Gasteiger partial charge in [-0.2, -0.15) is 0 Å². The summed E-state index contributed by atoms with van der Waals surface area (Å²) in [5.74, 6) is 1.90. The molecule has 0 radical (unpaired) electrons. The second kappa shape index (κ2) is 6.58. The third kappa shape index (κ3) is 3.47. The molecule has 2 aliphatic carbocycles. The summed E-state index contributed by atoms with van der Waals surface area (Å²) in [5.41, 5.74) is 0.396. The highest BCUT2D eigenvalue weighted by atomic mass is 15.3. The zero-order valence-corrected chi connectivity index (χ0v) is 14.5. The van der Waals surface area contributed by atoms with Gasteiger partial charge in [-0.25, -0.2) is 0 Å². The number of hydrogen-bond acceptors (Lipinski definition) is 2. The molecule has 122 valence electrons. The highest BCUT2D eigenvalue weighted by molar-refractivity contribution is 5.06. The molecule has 0 aromatic heterocycles.